The van der Waals surface area contributed by atoms with Crippen LogP contribution < -0.4 is 5.32 Å². The van der Waals surface area contributed by atoms with Crippen LogP contribution in [0.25, 0.3) is 22.6 Å². The highest BCUT2D eigenvalue weighted by Gasteiger charge is 2.17. The Bertz CT molecular complexity index is 1270. The van der Waals surface area contributed by atoms with Crippen LogP contribution in [0.4, 0.5) is 10.1 Å². The zero-order chi connectivity index (χ0) is 20.7. The van der Waals surface area contributed by atoms with Crippen LogP contribution in [-0.2, 0) is 0 Å². The van der Waals surface area contributed by atoms with Gasteiger partial charge in [0.2, 0.25) is 0 Å². The molecule has 4 rings (SSSR count). The van der Waals surface area contributed by atoms with Crippen molar-refractivity contribution >= 4 is 57.6 Å². The average Bonchev–Trinajstić information content (AvgIpc) is 3.07. The second kappa shape index (κ2) is 7.63. The predicted octanol–water partition coefficient (Wildman–Crippen LogP) is 6.28. The van der Waals surface area contributed by atoms with Crippen LogP contribution in [0.5, 0.6) is 0 Å². The Morgan fingerprint density at radius 1 is 1.07 bits per heavy atom. The summed E-state index contributed by atoms with van der Waals surface area (Å²) < 4.78 is 14.3. The van der Waals surface area contributed by atoms with Gasteiger partial charge in [-0.05, 0) is 55.0 Å². The molecule has 0 aliphatic heterocycles. The van der Waals surface area contributed by atoms with E-state index in [1.54, 1.807) is 25.1 Å². The molecule has 0 saturated carbocycles. The van der Waals surface area contributed by atoms with Crippen LogP contribution in [0.1, 0.15) is 15.9 Å². The maximum Gasteiger partial charge on any atom is 0.257 e. The first-order valence-electron chi connectivity index (χ1n) is 8.41. The van der Waals surface area contributed by atoms with E-state index >= 15 is 0 Å². The van der Waals surface area contributed by atoms with Crippen molar-refractivity contribution in [3.05, 3.63) is 74.6 Å². The number of pyridine rings is 1. The Morgan fingerprint density at radius 3 is 2.62 bits per heavy atom. The van der Waals surface area contributed by atoms with E-state index in [1.165, 1.54) is 24.3 Å². The van der Waals surface area contributed by atoms with Gasteiger partial charge >= 0.3 is 0 Å². The van der Waals surface area contributed by atoms with Gasteiger partial charge in [-0.3, -0.25) is 4.79 Å². The second-order valence-electron chi connectivity index (χ2n) is 6.29. The number of aromatic amines is 1. The number of nitrogens with one attached hydrogen (secondary N) is 2. The molecule has 2 aromatic heterocycles. The minimum Gasteiger partial charge on any atom is -0.337 e. The first kappa shape index (κ1) is 19.6. The van der Waals surface area contributed by atoms with Gasteiger partial charge in [0.1, 0.15) is 16.8 Å². The Morgan fingerprint density at radius 2 is 1.86 bits per heavy atom. The Hall–Kier alpha value is -2.67. The lowest BCUT2D eigenvalue weighted by Crippen LogP contribution is -2.14. The van der Waals surface area contributed by atoms with E-state index in [0.29, 0.717) is 44.0 Å². The third-order valence-electron chi connectivity index (χ3n) is 4.36. The van der Waals surface area contributed by atoms with Crippen LogP contribution in [0, 0.1) is 12.7 Å². The van der Waals surface area contributed by atoms with Gasteiger partial charge < -0.3 is 10.3 Å². The second-order valence-corrected chi connectivity index (χ2v) is 7.53. The molecule has 0 aliphatic carbocycles. The van der Waals surface area contributed by atoms with E-state index in [0.717, 1.165) is 0 Å². The van der Waals surface area contributed by atoms with Crippen molar-refractivity contribution in [1.82, 2.24) is 15.0 Å². The topological polar surface area (TPSA) is 70.7 Å². The maximum atomic E-state index is 14.3. The minimum absolute atomic E-state index is 0.199. The van der Waals surface area contributed by atoms with Crippen molar-refractivity contribution in [2.45, 2.75) is 6.92 Å². The minimum atomic E-state index is -0.533. The van der Waals surface area contributed by atoms with Gasteiger partial charge in [-0.15, -0.1) is 0 Å². The first-order chi connectivity index (χ1) is 13.8. The standard InChI is InChI=1S/C20H12Cl3FN4O/c1-9-13(18-25-15-4-5-17(23)27-19(15)28-18)7-11(24)8-16(9)26-20(29)12-3-2-10(21)6-14(12)22/h2-8H,1H3,(H,26,29)(H,25,27,28). The largest absolute Gasteiger partial charge is 0.337 e. The highest BCUT2D eigenvalue weighted by molar-refractivity contribution is 6.37. The lowest BCUT2D eigenvalue weighted by atomic mass is 10.1. The van der Waals surface area contributed by atoms with Crippen LogP contribution >= 0.6 is 34.8 Å². The van der Waals surface area contributed by atoms with Crippen molar-refractivity contribution in [1.29, 1.82) is 0 Å². The molecular formula is C20H12Cl3FN4O. The molecule has 29 heavy (non-hydrogen) atoms. The summed E-state index contributed by atoms with van der Waals surface area (Å²) in [5.41, 5.74) is 2.69. The van der Waals surface area contributed by atoms with Gasteiger partial charge in [0.15, 0.2) is 5.65 Å². The molecule has 2 heterocycles. The third-order valence-corrected chi connectivity index (χ3v) is 5.12. The molecule has 4 aromatic rings. The Labute approximate surface area is 179 Å². The summed E-state index contributed by atoms with van der Waals surface area (Å²) in [4.78, 5) is 24.2. The number of benzene rings is 2. The molecule has 0 spiro atoms. The Balaban J connectivity index is 1.73. The van der Waals surface area contributed by atoms with Gasteiger partial charge in [0.05, 0.1) is 16.1 Å². The molecule has 2 N–H and O–H groups in total. The number of aromatic nitrogens is 3. The molecule has 0 radical (unpaired) electrons. The smallest absolute Gasteiger partial charge is 0.257 e. The van der Waals surface area contributed by atoms with E-state index in [9.17, 15) is 9.18 Å². The summed E-state index contributed by atoms with van der Waals surface area (Å²) in [5, 5.41) is 3.61. The van der Waals surface area contributed by atoms with Gasteiger partial charge in [0, 0.05) is 16.3 Å². The normalized spacial score (nSPS) is 11.1. The predicted molar refractivity (Wildman–Crippen MR) is 113 cm³/mol. The molecule has 0 saturated heterocycles. The van der Waals surface area contributed by atoms with Gasteiger partial charge in [-0.25, -0.2) is 14.4 Å². The molecular weight excluding hydrogens is 438 g/mol. The van der Waals surface area contributed by atoms with Crippen LogP contribution in [0.15, 0.2) is 42.5 Å². The molecule has 9 heteroatoms. The lowest BCUT2D eigenvalue weighted by molar-refractivity contribution is 0.102. The highest BCUT2D eigenvalue weighted by atomic mass is 35.5. The zero-order valence-electron chi connectivity index (χ0n) is 14.9. The molecule has 5 nitrogen and oxygen atoms in total. The highest BCUT2D eigenvalue weighted by Crippen LogP contribution is 2.31. The van der Waals surface area contributed by atoms with Gasteiger partial charge in [-0.2, -0.15) is 0 Å². The average molecular weight is 450 g/mol. The van der Waals surface area contributed by atoms with Crippen molar-refractivity contribution in [3.63, 3.8) is 0 Å². The number of amides is 1. The van der Waals surface area contributed by atoms with Crippen molar-refractivity contribution in [2.75, 3.05) is 5.32 Å². The number of carbonyl (C=O) groups excluding carboxylic acids is 1. The van der Waals surface area contributed by atoms with Crippen LogP contribution in [-0.4, -0.2) is 20.9 Å². The number of H-pyrrole nitrogens is 1. The van der Waals surface area contributed by atoms with E-state index < -0.39 is 11.7 Å². The van der Waals surface area contributed by atoms with Crippen molar-refractivity contribution in [2.24, 2.45) is 0 Å². The molecule has 0 aliphatic rings. The van der Waals surface area contributed by atoms with E-state index in [1.807, 2.05) is 0 Å². The maximum absolute atomic E-state index is 14.3. The molecule has 2 aromatic carbocycles. The summed E-state index contributed by atoms with van der Waals surface area (Å²) in [5.74, 6) is -0.606. The summed E-state index contributed by atoms with van der Waals surface area (Å²) in [6.07, 6.45) is 0. The van der Waals surface area contributed by atoms with E-state index in [-0.39, 0.29) is 10.6 Å². The van der Waals surface area contributed by atoms with Crippen molar-refractivity contribution in [3.8, 4) is 11.4 Å². The van der Waals surface area contributed by atoms with Gasteiger partial charge in [-0.1, -0.05) is 34.8 Å². The number of hydrogen-bond acceptors (Lipinski definition) is 3. The van der Waals surface area contributed by atoms with E-state index in [4.69, 9.17) is 34.8 Å². The summed E-state index contributed by atoms with van der Waals surface area (Å²) >= 11 is 17.9. The third kappa shape index (κ3) is 3.92. The first-order valence-corrected chi connectivity index (χ1v) is 9.54. The number of rotatable bonds is 3. The molecule has 1 amide bonds. The lowest BCUT2D eigenvalue weighted by Gasteiger charge is -2.13. The number of hydrogen-bond donors (Lipinski definition) is 2. The fourth-order valence-electron chi connectivity index (χ4n) is 2.92. The molecule has 0 bridgehead atoms. The summed E-state index contributed by atoms with van der Waals surface area (Å²) in [7, 11) is 0. The van der Waals surface area contributed by atoms with Crippen molar-refractivity contribution < 1.29 is 9.18 Å². The number of halogens is 4. The van der Waals surface area contributed by atoms with Crippen LogP contribution in [0.3, 0.4) is 0 Å². The number of carbonyl (C=O) groups is 1. The van der Waals surface area contributed by atoms with E-state index in [2.05, 4.69) is 20.3 Å². The van der Waals surface area contributed by atoms with Gasteiger partial charge in [0.25, 0.3) is 5.91 Å². The molecule has 0 atom stereocenters. The number of fused-ring (bicyclic) bond motifs is 1. The fraction of sp³-hybridized carbons (Fsp3) is 0.0500. The fourth-order valence-corrected chi connectivity index (χ4v) is 3.55. The summed E-state index contributed by atoms with van der Waals surface area (Å²) in [6, 6.07) is 10.5. The number of anilines is 1. The quantitative estimate of drug-likeness (QED) is 0.361. The molecule has 0 fully saturated rings. The Kier molecular flexibility index (Phi) is 5.17. The number of imidazole rings is 1. The number of nitrogens with zero attached hydrogens (tertiary/aromatic N) is 2. The SMILES string of the molecule is Cc1c(NC(=O)c2ccc(Cl)cc2Cl)cc(F)cc1-c1nc2nc(Cl)ccc2[nH]1. The molecule has 146 valence electrons. The monoisotopic (exact) mass is 448 g/mol. The summed E-state index contributed by atoms with van der Waals surface area (Å²) in [6.45, 7) is 1.75. The van der Waals surface area contributed by atoms with Crippen LogP contribution in [0.2, 0.25) is 15.2 Å². The molecule has 0 unspecified atom stereocenters. The zero-order valence-corrected chi connectivity index (χ0v) is 17.1.